The van der Waals surface area contributed by atoms with Crippen molar-refractivity contribution in [1.82, 2.24) is 25.3 Å². The third-order valence-corrected chi connectivity index (χ3v) is 3.29. The maximum atomic E-state index is 11.8. The number of carbonyl (C=O) groups is 1. The van der Waals surface area contributed by atoms with Gasteiger partial charge in [-0.25, -0.2) is 0 Å². The van der Waals surface area contributed by atoms with Crippen molar-refractivity contribution in [2.45, 2.75) is 12.8 Å². The number of rotatable bonds is 5. The van der Waals surface area contributed by atoms with Crippen LogP contribution in [-0.4, -0.2) is 59.9 Å². The molecule has 0 unspecified atom stereocenters. The van der Waals surface area contributed by atoms with Crippen molar-refractivity contribution in [3.05, 3.63) is 18.0 Å². The Morgan fingerprint density at radius 2 is 2.37 bits per heavy atom. The Bertz CT molecular complexity index is 395. The monoisotopic (exact) mass is 265 g/mol. The van der Waals surface area contributed by atoms with Crippen LogP contribution in [0.15, 0.2) is 12.4 Å². The van der Waals surface area contributed by atoms with E-state index in [9.17, 15) is 4.79 Å². The molecule has 0 spiro atoms. The van der Waals surface area contributed by atoms with E-state index in [1.165, 1.54) is 0 Å². The number of carbonyl (C=O) groups excluding carboxylic acids is 1. The molecule has 1 amide bonds. The first-order chi connectivity index (χ1) is 9.24. The van der Waals surface area contributed by atoms with E-state index in [0.29, 0.717) is 13.1 Å². The molecule has 0 radical (unpaired) electrons. The summed E-state index contributed by atoms with van der Waals surface area (Å²) in [6.45, 7) is 5.17. The predicted octanol–water partition coefficient (Wildman–Crippen LogP) is -0.626. The molecule has 1 aliphatic heterocycles. The quantitative estimate of drug-likeness (QED) is 0.744. The summed E-state index contributed by atoms with van der Waals surface area (Å²) in [5.41, 5.74) is 1.15. The lowest BCUT2D eigenvalue weighted by Gasteiger charge is -2.18. The molecule has 2 rings (SSSR count). The third kappa shape index (κ3) is 5.00. The van der Waals surface area contributed by atoms with Gasteiger partial charge in [-0.05, 0) is 31.5 Å². The number of aromatic nitrogens is 2. The third-order valence-electron chi connectivity index (χ3n) is 3.29. The summed E-state index contributed by atoms with van der Waals surface area (Å²) in [6, 6.07) is 0. The Balaban J connectivity index is 1.63. The summed E-state index contributed by atoms with van der Waals surface area (Å²) >= 11 is 0. The molecule has 1 aliphatic rings. The fourth-order valence-electron chi connectivity index (χ4n) is 2.27. The van der Waals surface area contributed by atoms with Gasteiger partial charge in [-0.2, -0.15) is 5.10 Å². The van der Waals surface area contributed by atoms with Gasteiger partial charge < -0.3 is 10.6 Å². The Kier molecular flexibility index (Phi) is 5.35. The second-order valence-corrected chi connectivity index (χ2v) is 5.00. The molecule has 2 N–H and O–H groups in total. The molecule has 0 saturated carbocycles. The summed E-state index contributed by atoms with van der Waals surface area (Å²) in [4.78, 5) is 14.0. The lowest BCUT2D eigenvalue weighted by atomic mass is 10.2. The molecule has 1 fully saturated rings. The highest BCUT2D eigenvalue weighted by Crippen LogP contribution is 1.97. The maximum absolute atomic E-state index is 11.8. The van der Waals surface area contributed by atoms with Crippen LogP contribution in [0.3, 0.4) is 0 Å². The molecular weight excluding hydrogens is 242 g/mol. The fraction of sp³-hybridized carbons (Fsp3) is 0.692. The first-order valence-electron chi connectivity index (χ1n) is 6.91. The van der Waals surface area contributed by atoms with Crippen molar-refractivity contribution in [2.24, 2.45) is 7.05 Å². The minimum absolute atomic E-state index is 0.116. The van der Waals surface area contributed by atoms with E-state index in [0.717, 1.165) is 44.6 Å². The van der Waals surface area contributed by atoms with Crippen LogP contribution in [0.2, 0.25) is 0 Å². The number of hydrogen-bond donors (Lipinski definition) is 2. The zero-order valence-electron chi connectivity index (χ0n) is 11.6. The first-order valence-corrected chi connectivity index (χ1v) is 6.91. The van der Waals surface area contributed by atoms with Crippen LogP contribution in [-0.2, 0) is 18.3 Å². The van der Waals surface area contributed by atoms with E-state index in [1.54, 1.807) is 4.68 Å². The van der Waals surface area contributed by atoms with E-state index in [1.807, 2.05) is 19.4 Å². The second kappa shape index (κ2) is 7.25. The van der Waals surface area contributed by atoms with Gasteiger partial charge in [0, 0.05) is 32.9 Å². The molecule has 19 heavy (non-hydrogen) atoms. The smallest absolute Gasteiger partial charge is 0.234 e. The predicted molar refractivity (Wildman–Crippen MR) is 73.8 cm³/mol. The minimum atomic E-state index is 0.116. The highest BCUT2D eigenvalue weighted by Gasteiger charge is 2.12. The largest absolute Gasteiger partial charge is 0.355 e. The van der Waals surface area contributed by atoms with Crippen LogP contribution in [0.4, 0.5) is 0 Å². The van der Waals surface area contributed by atoms with Gasteiger partial charge in [0.15, 0.2) is 0 Å². The Morgan fingerprint density at radius 3 is 3.16 bits per heavy atom. The standard InChI is InChI=1S/C13H23N5O/c1-17-10-12(9-16-17)3-5-15-13(19)11-18-7-2-4-14-6-8-18/h9-10,14H,2-8,11H2,1H3,(H,15,19). The van der Waals surface area contributed by atoms with E-state index in [2.05, 4.69) is 20.6 Å². The molecule has 2 heterocycles. The zero-order chi connectivity index (χ0) is 13.5. The highest BCUT2D eigenvalue weighted by molar-refractivity contribution is 5.78. The van der Waals surface area contributed by atoms with Crippen molar-refractivity contribution in [3.63, 3.8) is 0 Å². The van der Waals surface area contributed by atoms with Crippen LogP contribution >= 0.6 is 0 Å². The lowest BCUT2D eigenvalue weighted by Crippen LogP contribution is -2.39. The lowest BCUT2D eigenvalue weighted by molar-refractivity contribution is -0.122. The summed E-state index contributed by atoms with van der Waals surface area (Å²) in [7, 11) is 1.90. The Hall–Kier alpha value is -1.40. The zero-order valence-corrected chi connectivity index (χ0v) is 11.6. The van der Waals surface area contributed by atoms with Crippen molar-refractivity contribution >= 4 is 5.91 Å². The minimum Gasteiger partial charge on any atom is -0.355 e. The van der Waals surface area contributed by atoms with Crippen molar-refractivity contribution < 1.29 is 4.79 Å². The van der Waals surface area contributed by atoms with Gasteiger partial charge >= 0.3 is 0 Å². The van der Waals surface area contributed by atoms with Crippen molar-refractivity contribution in [3.8, 4) is 0 Å². The SMILES string of the molecule is Cn1cc(CCNC(=O)CN2CCCNCC2)cn1. The average molecular weight is 265 g/mol. The van der Waals surface area contributed by atoms with Gasteiger partial charge in [0.1, 0.15) is 0 Å². The van der Waals surface area contributed by atoms with Gasteiger partial charge in [0.25, 0.3) is 0 Å². The second-order valence-electron chi connectivity index (χ2n) is 5.00. The van der Waals surface area contributed by atoms with Gasteiger partial charge in [-0.15, -0.1) is 0 Å². The highest BCUT2D eigenvalue weighted by atomic mass is 16.2. The number of aryl methyl sites for hydroxylation is 1. The molecule has 1 aromatic heterocycles. The number of hydrogen-bond acceptors (Lipinski definition) is 4. The van der Waals surface area contributed by atoms with Crippen LogP contribution in [0, 0.1) is 0 Å². The normalized spacial score (nSPS) is 17.1. The molecule has 0 bridgehead atoms. The average Bonchev–Trinajstić information content (AvgIpc) is 2.63. The van der Waals surface area contributed by atoms with Crippen molar-refractivity contribution in [1.29, 1.82) is 0 Å². The molecule has 0 aliphatic carbocycles. The van der Waals surface area contributed by atoms with Gasteiger partial charge in [0.05, 0.1) is 12.7 Å². The summed E-state index contributed by atoms with van der Waals surface area (Å²) in [5, 5.41) is 10.4. The van der Waals surface area contributed by atoms with E-state index < -0.39 is 0 Å². The van der Waals surface area contributed by atoms with Gasteiger partial charge in [0.2, 0.25) is 5.91 Å². The van der Waals surface area contributed by atoms with Gasteiger partial charge in [-0.3, -0.25) is 14.4 Å². The molecule has 6 nitrogen and oxygen atoms in total. The van der Waals surface area contributed by atoms with Crippen LogP contribution < -0.4 is 10.6 Å². The topological polar surface area (TPSA) is 62.2 Å². The summed E-state index contributed by atoms with van der Waals surface area (Å²) < 4.78 is 1.78. The van der Waals surface area contributed by atoms with Crippen LogP contribution in [0.5, 0.6) is 0 Å². The van der Waals surface area contributed by atoms with Crippen LogP contribution in [0.25, 0.3) is 0 Å². The van der Waals surface area contributed by atoms with E-state index in [4.69, 9.17) is 0 Å². The summed E-state index contributed by atoms with van der Waals surface area (Å²) in [6.07, 6.45) is 5.77. The molecule has 0 aromatic carbocycles. The number of nitrogens with zero attached hydrogens (tertiary/aromatic N) is 3. The first kappa shape index (κ1) is 14.0. The Labute approximate surface area is 114 Å². The molecule has 106 valence electrons. The van der Waals surface area contributed by atoms with E-state index >= 15 is 0 Å². The Morgan fingerprint density at radius 1 is 1.47 bits per heavy atom. The number of amides is 1. The number of nitrogens with one attached hydrogen (secondary N) is 2. The molecule has 1 aromatic rings. The fourth-order valence-corrected chi connectivity index (χ4v) is 2.27. The van der Waals surface area contributed by atoms with Crippen molar-refractivity contribution in [2.75, 3.05) is 39.3 Å². The van der Waals surface area contributed by atoms with E-state index in [-0.39, 0.29) is 5.91 Å². The van der Waals surface area contributed by atoms with Gasteiger partial charge in [-0.1, -0.05) is 0 Å². The maximum Gasteiger partial charge on any atom is 0.234 e. The summed E-state index contributed by atoms with van der Waals surface area (Å²) in [5.74, 6) is 0.116. The van der Waals surface area contributed by atoms with Crippen LogP contribution in [0.1, 0.15) is 12.0 Å². The molecular formula is C13H23N5O. The molecule has 1 saturated heterocycles. The molecule has 0 atom stereocenters. The molecule has 6 heteroatoms.